The lowest BCUT2D eigenvalue weighted by molar-refractivity contribution is -0.141. The summed E-state index contributed by atoms with van der Waals surface area (Å²) in [4.78, 5) is 32.0. The molecule has 0 bridgehead atoms. The maximum Gasteiger partial charge on any atom is 0.433 e. The van der Waals surface area contributed by atoms with Crippen molar-refractivity contribution in [3.05, 3.63) is 23.9 Å². The van der Waals surface area contributed by atoms with Crippen molar-refractivity contribution in [2.75, 3.05) is 31.1 Å². The van der Waals surface area contributed by atoms with Crippen LogP contribution in [0.25, 0.3) is 0 Å². The number of alkyl halides is 3. The minimum absolute atomic E-state index is 0.0129. The number of anilines is 1. The summed E-state index contributed by atoms with van der Waals surface area (Å²) in [6.07, 6.45) is -3.62. The van der Waals surface area contributed by atoms with Gasteiger partial charge in [0.05, 0.1) is 6.54 Å². The Bertz CT molecular complexity index is 802. The van der Waals surface area contributed by atoms with Crippen molar-refractivity contribution in [3.63, 3.8) is 0 Å². The van der Waals surface area contributed by atoms with Crippen molar-refractivity contribution in [2.45, 2.75) is 57.9 Å². The van der Waals surface area contributed by atoms with E-state index in [9.17, 15) is 22.8 Å². The number of amides is 2. The molecule has 1 atom stereocenters. The second-order valence-electron chi connectivity index (χ2n) is 9.12. The largest absolute Gasteiger partial charge is 0.444 e. The third-order valence-corrected chi connectivity index (χ3v) is 5.40. The average Bonchev–Trinajstić information content (AvgIpc) is 3.14. The van der Waals surface area contributed by atoms with Crippen molar-refractivity contribution < 1.29 is 27.5 Å². The molecule has 0 spiro atoms. The molecule has 2 saturated heterocycles. The van der Waals surface area contributed by atoms with Gasteiger partial charge < -0.3 is 19.9 Å². The van der Waals surface area contributed by atoms with E-state index >= 15 is 0 Å². The van der Waals surface area contributed by atoms with Crippen molar-refractivity contribution in [1.29, 1.82) is 0 Å². The Balaban J connectivity index is 1.49. The van der Waals surface area contributed by atoms with Crippen LogP contribution in [-0.2, 0) is 15.7 Å². The summed E-state index contributed by atoms with van der Waals surface area (Å²) >= 11 is 0. The lowest BCUT2D eigenvalue weighted by atomic mass is 9.95. The van der Waals surface area contributed by atoms with Crippen LogP contribution in [0, 0.1) is 5.92 Å². The van der Waals surface area contributed by atoms with Gasteiger partial charge in [0.15, 0.2) is 0 Å². The zero-order valence-electron chi connectivity index (χ0n) is 18.0. The molecule has 7 nitrogen and oxygen atoms in total. The maximum absolute atomic E-state index is 12.9. The minimum atomic E-state index is -4.48. The predicted molar refractivity (Wildman–Crippen MR) is 109 cm³/mol. The third-order valence-electron chi connectivity index (χ3n) is 5.40. The van der Waals surface area contributed by atoms with E-state index in [-0.39, 0.29) is 23.7 Å². The number of hydrogen-bond acceptors (Lipinski definition) is 5. The number of aromatic nitrogens is 1. The second-order valence-corrected chi connectivity index (χ2v) is 9.12. The Morgan fingerprint density at radius 3 is 2.39 bits per heavy atom. The van der Waals surface area contributed by atoms with Crippen LogP contribution in [0.3, 0.4) is 0 Å². The fourth-order valence-corrected chi connectivity index (χ4v) is 3.88. The number of carbonyl (C=O) groups excluding carboxylic acids is 2. The molecule has 0 radical (unpaired) electrons. The maximum atomic E-state index is 12.9. The number of ether oxygens (including phenoxy) is 1. The normalized spacial score (nSPS) is 20.6. The van der Waals surface area contributed by atoms with Gasteiger partial charge in [0.1, 0.15) is 17.6 Å². The van der Waals surface area contributed by atoms with E-state index in [4.69, 9.17) is 4.74 Å². The smallest absolute Gasteiger partial charge is 0.433 e. The molecule has 0 saturated carbocycles. The molecule has 1 aromatic heterocycles. The number of likely N-dealkylation sites (tertiary alicyclic amines) is 1. The van der Waals surface area contributed by atoms with Crippen LogP contribution >= 0.6 is 0 Å². The summed E-state index contributed by atoms with van der Waals surface area (Å²) in [6.45, 7) is 7.41. The van der Waals surface area contributed by atoms with Gasteiger partial charge in [-0.05, 0) is 45.7 Å². The Hall–Kier alpha value is -2.52. The predicted octanol–water partition coefficient (Wildman–Crippen LogP) is 3.44. The molecule has 10 heteroatoms. The highest BCUT2D eigenvalue weighted by molar-refractivity contribution is 5.79. The summed E-state index contributed by atoms with van der Waals surface area (Å²) in [7, 11) is 0. The van der Waals surface area contributed by atoms with Gasteiger partial charge in [0, 0.05) is 37.5 Å². The summed E-state index contributed by atoms with van der Waals surface area (Å²) in [5, 5.41) is 2.74. The first kappa shape index (κ1) is 23.1. The standard InChI is InChI=1S/C21H29F3N4O3/c1-20(2,3)26-19(30)31-15-9-12-28(13-15)18(29)14-7-10-27(11-8-14)17-6-4-5-16(25-17)21(22,23)24/h4-6,14-15H,7-13H2,1-3H3,(H,26,30)/t15-/m0/s1. The van der Waals surface area contributed by atoms with Gasteiger partial charge in [-0.25, -0.2) is 9.78 Å². The van der Waals surface area contributed by atoms with Crippen LogP contribution < -0.4 is 10.2 Å². The average molecular weight is 442 g/mol. The molecule has 2 aliphatic rings. The lowest BCUT2D eigenvalue weighted by Gasteiger charge is -2.34. The van der Waals surface area contributed by atoms with Gasteiger partial charge in [0.2, 0.25) is 5.91 Å². The molecule has 1 aromatic rings. The molecule has 3 rings (SSSR count). The Morgan fingerprint density at radius 1 is 1.10 bits per heavy atom. The van der Waals surface area contributed by atoms with E-state index in [0.717, 1.165) is 6.07 Å². The SMILES string of the molecule is CC(C)(C)NC(=O)O[C@H]1CCN(C(=O)C2CCN(c3cccc(C(F)(F)F)n3)CC2)C1. The van der Waals surface area contributed by atoms with Crippen molar-refractivity contribution >= 4 is 17.8 Å². The first-order valence-corrected chi connectivity index (χ1v) is 10.5. The highest BCUT2D eigenvalue weighted by Crippen LogP contribution is 2.30. The number of alkyl carbamates (subject to hydrolysis) is 1. The summed E-state index contributed by atoms with van der Waals surface area (Å²) in [5.41, 5.74) is -1.31. The van der Waals surface area contributed by atoms with E-state index in [1.165, 1.54) is 6.07 Å². The Labute approximate surface area is 179 Å². The number of pyridine rings is 1. The zero-order chi connectivity index (χ0) is 22.8. The highest BCUT2D eigenvalue weighted by Gasteiger charge is 2.36. The number of piperidine rings is 1. The zero-order valence-corrected chi connectivity index (χ0v) is 18.0. The van der Waals surface area contributed by atoms with Crippen LogP contribution in [-0.4, -0.2) is 59.7 Å². The molecular weight excluding hydrogens is 413 g/mol. The quantitative estimate of drug-likeness (QED) is 0.776. The van der Waals surface area contributed by atoms with E-state index in [1.807, 2.05) is 20.8 Å². The number of rotatable bonds is 3. The van der Waals surface area contributed by atoms with Gasteiger partial charge in [-0.15, -0.1) is 0 Å². The number of hydrogen-bond donors (Lipinski definition) is 1. The molecule has 2 fully saturated rings. The second kappa shape index (κ2) is 8.92. The molecule has 2 aliphatic heterocycles. The van der Waals surface area contributed by atoms with E-state index in [1.54, 1.807) is 15.9 Å². The third kappa shape index (κ3) is 6.24. The summed E-state index contributed by atoms with van der Waals surface area (Å²) in [6, 6.07) is 3.86. The van der Waals surface area contributed by atoms with Gasteiger partial charge in [0.25, 0.3) is 0 Å². The monoisotopic (exact) mass is 442 g/mol. The van der Waals surface area contributed by atoms with Crippen LogP contribution in [0.4, 0.5) is 23.8 Å². The van der Waals surface area contributed by atoms with Crippen molar-refractivity contribution in [3.8, 4) is 0 Å². The minimum Gasteiger partial charge on any atom is -0.444 e. The molecule has 0 aromatic carbocycles. The molecule has 172 valence electrons. The van der Waals surface area contributed by atoms with E-state index in [2.05, 4.69) is 10.3 Å². The molecular formula is C21H29F3N4O3. The van der Waals surface area contributed by atoms with Crippen LogP contribution in [0.15, 0.2) is 18.2 Å². The summed E-state index contributed by atoms with van der Waals surface area (Å²) < 4.78 is 44.1. The first-order valence-electron chi connectivity index (χ1n) is 10.5. The topological polar surface area (TPSA) is 74.8 Å². The molecule has 0 unspecified atom stereocenters. The van der Waals surface area contributed by atoms with Crippen molar-refractivity contribution in [1.82, 2.24) is 15.2 Å². The molecule has 0 aliphatic carbocycles. The van der Waals surface area contributed by atoms with Crippen LogP contribution in [0.1, 0.15) is 45.7 Å². The lowest BCUT2D eigenvalue weighted by Crippen LogP contribution is -2.44. The Kier molecular flexibility index (Phi) is 6.66. The Morgan fingerprint density at radius 2 is 1.77 bits per heavy atom. The molecule has 31 heavy (non-hydrogen) atoms. The number of halogens is 3. The van der Waals surface area contributed by atoms with E-state index < -0.39 is 23.5 Å². The van der Waals surface area contributed by atoms with E-state index in [0.29, 0.717) is 45.4 Å². The number of carbonyl (C=O) groups is 2. The number of nitrogens with one attached hydrogen (secondary N) is 1. The van der Waals surface area contributed by atoms with Gasteiger partial charge in [-0.3, -0.25) is 4.79 Å². The molecule has 1 N–H and O–H groups in total. The molecule has 3 heterocycles. The first-order chi connectivity index (χ1) is 14.4. The summed E-state index contributed by atoms with van der Waals surface area (Å²) in [5.74, 6) is 0.100. The van der Waals surface area contributed by atoms with Crippen LogP contribution in [0.5, 0.6) is 0 Å². The number of nitrogens with zero attached hydrogens (tertiary/aromatic N) is 3. The fraction of sp³-hybridized carbons (Fsp3) is 0.667. The molecule has 2 amide bonds. The van der Waals surface area contributed by atoms with Crippen LogP contribution in [0.2, 0.25) is 0 Å². The fourth-order valence-electron chi connectivity index (χ4n) is 3.88. The van der Waals surface area contributed by atoms with Gasteiger partial charge >= 0.3 is 12.3 Å². The van der Waals surface area contributed by atoms with Gasteiger partial charge in [-0.1, -0.05) is 6.07 Å². The highest BCUT2D eigenvalue weighted by atomic mass is 19.4. The van der Waals surface area contributed by atoms with Crippen molar-refractivity contribution in [2.24, 2.45) is 5.92 Å². The van der Waals surface area contributed by atoms with Gasteiger partial charge in [-0.2, -0.15) is 13.2 Å².